The Morgan fingerprint density at radius 3 is 2.93 bits per heavy atom. The first-order valence-corrected chi connectivity index (χ1v) is 6.27. The molecule has 1 unspecified atom stereocenters. The summed E-state index contributed by atoms with van der Waals surface area (Å²) < 4.78 is 0.960. The van der Waals surface area contributed by atoms with Crippen LogP contribution in [0.5, 0.6) is 0 Å². The molecule has 0 radical (unpaired) electrons. The topological polar surface area (TPSA) is 38.9 Å². The van der Waals surface area contributed by atoms with E-state index < -0.39 is 0 Å². The van der Waals surface area contributed by atoms with Crippen molar-refractivity contribution in [2.24, 2.45) is 5.73 Å². The van der Waals surface area contributed by atoms with Crippen LogP contribution in [0.2, 0.25) is 0 Å². The number of nitrogens with two attached hydrogens (primary N) is 1. The van der Waals surface area contributed by atoms with Gasteiger partial charge in [0.15, 0.2) is 0 Å². The Bertz CT molecular complexity index is 467. The summed E-state index contributed by atoms with van der Waals surface area (Å²) in [6.07, 6.45) is 1.76. The molecule has 78 valence electrons. The molecule has 0 fully saturated rings. The van der Waals surface area contributed by atoms with E-state index in [-0.39, 0.29) is 6.04 Å². The maximum absolute atomic E-state index is 6.14. The Balaban J connectivity index is 2.36. The van der Waals surface area contributed by atoms with Crippen molar-refractivity contribution in [1.29, 1.82) is 0 Å². The van der Waals surface area contributed by atoms with Gasteiger partial charge in [0.2, 0.25) is 0 Å². The molecule has 2 heterocycles. The van der Waals surface area contributed by atoms with Gasteiger partial charge in [-0.15, -0.1) is 11.3 Å². The van der Waals surface area contributed by atoms with Gasteiger partial charge in [-0.2, -0.15) is 0 Å². The lowest BCUT2D eigenvalue weighted by Gasteiger charge is -2.10. The second kappa shape index (κ2) is 4.43. The summed E-state index contributed by atoms with van der Waals surface area (Å²) in [6.45, 7) is 2.08. The largest absolute Gasteiger partial charge is 0.319 e. The van der Waals surface area contributed by atoms with Crippen molar-refractivity contribution in [3.05, 3.63) is 50.4 Å². The average Bonchev–Trinajstić information content (AvgIpc) is 2.65. The molecule has 1 atom stereocenters. The number of nitrogens with zero attached hydrogens (tertiary/aromatic N) is 1. The van der Waals surface area contributed by atoms with Crippen molar-refractivity contribution in [1.82, 2.24) is 4.98 Å². The van der Waals surface area contributed by atoms with E-state index >= 15 is 0 Å². The number of aryl methyl sites for hydroxylation is 1. The van der Waals surface area contributed by atoms with Crippen LogP contribution in [0.4, 0.5) is 0 Å². The van der Waals surface area contributed by atoms with Gasteiger partial charge in [-0.05, 0) is 52.0 Å². The van der Waals surface area contributed by atoms with Crippen LogP contribution in [0.15, 0.2) is 34.2 Å². The van der Waals surface area contributed by atoms with Gasteiger partial charge in [-0.3, -0.25) is 4.98 Å². The molecule has 2 aromatic heterocycles. The standard InChI is InChI=1S/C11H11BrN2S/c1-7-5-8(6-15-7)10(13)11-9(12)3-2-4-14-11/h2-6,10H,13H2,1H3. The van der Waals surface area contributed by atoms with E-state index in [1.807, 2.05) is 12.1 Å². The number of hydrogen-bond donors (Lipinski definition) is 1. The molecular weight excluding hydrogens is 272 g/mol. The highest BCUT2D eigenvalue weighted by molar-refractivity contribution is 9.10. The Labute approximate surface area is 101 Å². The van der Waals surface area contributed by atoms with Crippen molar-refractivity contribution in [3.8, 4) is 0 Å². The Hall–Kier alpha value is -0.710. The minimum Gasteiger partial charge on any atom is -0.319 e. The van der Waals surface area contributed by atoms with Crippen LogP contribution < -0.4 is 5.73 Å². The second-order valence-electron chi connectivity index (χ2n) is 3.34. The van der Waals surface area contributed by atoms with Crippen molar-refractivity contribution >= 4 is 27.3 Å². The molecule has 2 nitrogen and oxygen atoms in total. The summed E-state index contributed by atoms with van der Waals surface area (Å²) in [6, 6.07) is 5.81. The fourth-order valence-electron chi connectivity index (χ4n) is 1.41. The smallest absolute Gasteiger partial charge is 0.0758 e. The molecule has 0 aliphatic rings. The van der Waals surface area contributed by atoms with Crippen molar-refractivity contribution in [3.63, 3.8) is 0 Å². The minimum absolute atomic E-state index is 0.148. The van der Waals surface area contributed by atoms with Crippen LogP contribution in [0.25, 0.3) is 0 Å². The number of aromatic nitrogens is 1. The maximum Gasteiger partial charge on any atom is 0.0758 e. The monoisotopic (exact) mass is 282 g/mol. The molecule has 0 saturated carbocycles. The van der Waals surface area contributed by atoms with Gasteiger partial charge in [0.25, 0.3) is 0 Å². The number of thiophene rings is 1. The minimum atomic E-state index is -0.148. The molecule has 4 heteroatoms. The third-order valence-corrected chi connectivity index (χ3v) is 3.74. The molecule has 0 aliphatic heterocycles. The summed E-state index contributed by atoms with van der Waals surface area (Å²) in [5, 5.41) is 2.08. The summed E-state index contributed by atoms with van der Waals surface area (Å²) in [5.74, 6) is 0. The lowest BCUT2D eigenvalue weighted by molar-refractivity contribution is 0.826. The molecule has 2 aromatic rings. The average molecular weight is 283 g/mol. The number of hydrogen-bond acceptors (Lipinski definition) is 3. The van der Waals surface area contributed by atoms with Crippen molar-refractivity contribution in [2.45, 2.75) is 13.0 Å². The Morgan fingerprint density at radius 2 is 2.33 bits per heavy atom. The predicted molar refractivity (Wildman–Crippen MR) is 67.0 cm³/mol. The molecule has 0 bridgehead atoms. The first-order chi connectivity index (χ1) is 7.18. The summed E-state index contributed by atoms with van der Waals surface area (Å²) in [5.41, 5.74) is 8.15. The Kier molecular flexibility index (Phi) is 3.19. The molecule has 2 rings (SSSR count). The number of pyridine rings is 1. The van der Waals surface area contributed by atoms with Gasteiger partial charge in [-0.1, -0.05) is 0 Å². The summed E-state index contributed by atoms with van der Waals surface area (Å²) >= 11 is 5.17. The summed E-state index contributed by atoms with van der Waals surface area (Å²) in [7, 11) is 0. The summed E-state index contributed by atoms with van der Waals surface area (Å²) in [4.78, 5) is 5.57. The maximum atomic E-state index is 6.14. The van der Waals surface area contributed by atoms with Crippen LogP contribution in [-0.4, -0.2) is 4.98 Å². The fraction of sp³-hybridized carbons (Fsp3) is 0.182. The normalized spacial score (nSPS) is 12.7. The van der Waals surface area contributed by atoms with Crippen LogP contribution in [0, 0.1) is 6.92 Å². The van der Waals surface area contributed by atoms with E-state index in [1.54, 1.807) is 17.5 Å². The van der Waals surface area contributed by atoms with Crippen LogP contribution in [-0.2, 0) is 0 Å². The van der Waals surface area contributed by atoms with Gasteiger partial charge in [-0.25, -0.2) is 0 Å². The van der Waals surface area contributed by atoms with Gasteiger partial charge < -0.3 is 5.73 Å². The zero-order chi connectivity index (χ0) is 10.8. The van der Waals surface area contributed by atoms with E-state index in [1.165, 1.54) is 4.88 Å². The molecule has 0 aromatic carbocycles. The van der Waals surface area contributed by atoms with Gasteiger partial charge in [0, 0.05) is 15.5 Å². The van der Waals surface area contributed by atoms with Gasteiger partial charge in [0.1, 0.15) is 0 Å². The molecule has 0 aliphatic carbocycles. The molecule has 0 spiro atoms. The fourth-order valence-corrected chi connectivity index (χ4v) is 2.65. The SMILES string of the molecule is Cc1cc(C(N)c2ncccc2Br)cs1. The lowest BCUT2D eigenvalue weighted by Crippen LogP contribution is -2.13. The third kappa shape index (κ3) is 2.27. The van der Waals surface area contributed by atoms with E-state index in [9.17, 15) is 0 Å². The molecular formula is C11H11BrN2S. The van der Waals surface area contributed by atoms with E-state index in [0.29, 0.717) is 0 Å². The third-order valence-electron chi connectivity index (χ3n) is 2.19. The first-order valence-electron chi connectivity index (χ1n) is 4.59. The quantitative estimate of drug-likeness (QED) is 0.918. The van der Waals surface area contributed by atoms with E-state index in [4.69, 9.17) is 5.73 Å². The number of halogens is 1. The predicted octanol–water partition coefficient (Wildman–Crippen LogP) is 3.26. The molecule has 0 amide bonds. The number of rotatable bonds is 2. The van der Waals surface area contributed by atoms with Crippen LogP contribution in [0.1, 0.15) is 22.2 Å². The van der Waals surface area contributed by atoms with Crippen molar-refractivity contribution in [2.75, 3.05) is 0 Å². The molecule has 15 heavy (non-hydrogen) atoms. The highest BCUT2D eigenvalue weighted by Gasteiger charge is 2.14. The van der Waals surface area contributed by atoms with Crippen LogP contribution in [0.3, 0.4) is 0 Å². The van der Waals surface area contributed by atoms with Crippen LogP contribution >= 0.6 is 27.3 Å². The van der Waals surface area contributed by atoms with Gasteiger partial charge >= 0.3 is 0 Å². The highest BCUT2D eigenvalue weighted by atomic mass is 79.9. The lowest BCUT2D eigenvalue weighted by atomic mass is 10.1. The van der Waals surface area contributed by atoms with E-state index in [2.05, 4.69) is 39.3 Å². The zero-order valence-corrected chi connectivity index (χ0v) is 10.7. The second-order valence-corrected chi connectivity index (χ2v) is 5.31. The molecule has 0 saturated heterocycles. The Morgan fingerprint density at radius 1 is 1.53 bits per heavy atom. The van der Waals surface area contributed by atoms with Gasteiger partial charge in [0.05, 0.1) is 11.7 Å². The molecule has 2 N–H and O–H groups in total. The van der Waals surface area contributed by atoms with Crippen molar-refractivity contribution < 1.29 is 0 Å². The highest BCUT2D eigenvalue weighted by Crippen LogP contribution is 2.27. The zero-order valence-electron chi connectivity index (χ0n) is 8.27. The van der Waals surface area contributed by atoms with E-state index in [0.717, 1.165) is 15.7 Å². The first kappa shape index (κ1) is 10.8.